The van der Waals surface area contributed by atoms with Gasteiger partial charge in [0.25, 0.3) is 0 Å². The number of nitrogens with zero attached hydrogens (tertiary/aromatic N) is 1. The predicted octanol–water partition coefficient (Wildman–Crippen LogP) is 2.94. The maximum Gasteiger partial charge on any atom is 0.0721 e. The SMILES string of the molecule is Cl.ClCCN1CCC(OCc2ccccc2)C1. The minimum atomic E-state index is 0. The van der Waals surface area contributed by atoms with Crippen molar-refractivity contribution in [3.8, 4) is 0 Å². The molecule has 1 aliphatic heterocycles. The number of hydrogen-bond donors (Lipinski definition) is 0. The molecule has 4 heteroatoms. The van der Waals surface area contributed by atoms with Crippen LogP contribution >= 0.6 is 24.0 Å². The lowest BCUT2D eigenvalue weighted by Crippen LogP contribution is -2.25. The minimum absolute atomic E-state index is 0. The smallest absolute Gasteiger partial charge is 0.0721 e. The summed E-state index contributed by atoms with van der Waals surface area (Å²) in [5.74, 6) is 0.714. The van der Waals surface area contributed by atoms with Crippen LogP contribution in [0.3, 0.4) is 0 Å². The number of halogens is 2. The Bertz CT molecular complexity index is 308. The number of likely N-dealkylation sites (tertiary alicyclic amines) is 1. The van der Waals surface area contributed by atoms with Gasteiger partial charge in [-0.2, -0.15) is 0 Å². The van der Waals surface area contributed by atoms with E-state index in [1.807, 2.05) is 18.2 Å². The van der Waals surface area contributed by atoms with Gasteiger partial charge in [-0.25, -0.2) is 0 Å². The summed E-state index contributed by atoms with van der Waals surface area (Å²) in [5, 5.41) is 0. The molecule has 1 atom stereocenters. The molecule has 1 unspecified atom stereocenters. The normalized spacial score (nSPS) is 20.2. The summed E-state index contributed by atoms with van der Waals surface area (Å²) >= 11 is 5.72. The summed E-state index contributed by atoms with van der Waals surface area (Å²) in [6.07, 6.45) is 1.51. The second kappa shape index (κ2) is 7.93. The predicted molar refractivity (Wildman–Crippen MR) is 74.0 cm³/mol. The van der Waals surface area contributed by atoms with Crippen LogP contribution in [0.25, 0.3) is 0 Å². The van der Waals surface area contributed by atoms with Crippen molar-refractivity contribution in [2.45, 2.75) is 19.1 Å². The van der Waals surface area contributed by atoms with Crippen molar-refractivity contribution in [2.24, 2.45) is 0 Å². The molecular formula is C13H19Cl2NO. The highest BCUT2D eigenvalue weighted by Gasteiger charge is 2.22. The van der Waals surface area contributed by atoms with Crippen molar-refractivity contribution >= 4 is 24.0 Å². The summed E-state index contributed by atoms with van der Waals surface area (Å²) in [6.45, 7) is 3.85. The molecule has 0 radical (unpaired) electrons. The van der Waals surface area contributed by atoms with Crippen LogP contribution in [0, 0.1) is 0 Å². The molecule has 17 heavy (non-hydrogen) atoms. The molecule has 0 saturated carbocycles. The van der Waals surface area contributed by atoms with Crippen LogP contribution in [-0.2, 0) is 11.3 Å². The lowest BCUT2D eigenvalue weighted by molar-refractivity contribution is 0.0471. The molecule has 1 aliphatic rings. The summed E-state index contributed by atoms with van der Waals surface area (Å²) in [4.78, 5) is 2.36. The van der Waals surface area contributed by atoms with Gasteiger partial charge in [-0.05, 0) is 12.0 Å². The number of rotatable bonds is 5. The Hall–Kier alpha value is -0.280. The summed E-state index contributed by atoms with van der Waals surface area (Å²) in [5.41, 5.74) is 1.25. The highest BCUT2D eigenvalue weighted by Crippen LogP contribution is 2.14. The molecule has 1 saturated heterocycles. The van der Waals surface area contributed by atoms with Gasteiger partial charge in [0, 0.05) is 25.5 Å². The average Bonchev–Trinajstić information content (AvgIpc) is 2.76. The van der Waals surface area contributed by atoms with E-state index in [0.717, 1.165) is 32.7 Å². The molecule has 1 heterocycles. The summed E-state index contributed by atoms with van der Waals surface area (Å²) < 4.78 is 5.88. The van der Waals surface area contributed by atoms with Crippen LogP contribution in [0.2, 0.25) is 0 Å². The summed E-state index contributed by atoms with van der Waals surface area (Å²) in [7, 11) is 0. The van der Waals surface area contributed by atoms with Gasteiger partial charge in [0.15, 0.2) is 0 Å². The largest absolute Gasteiger partial charge is 0.372 e. The van der Waals surface area contributed by atoms with E-state index in [4.69, 9.17) is 16.3 Å². The Morgan fingerprint density at radius 1 is 1.29 bits per heavy atom. The molecule has 0 N–H and O–H groups in total. The van der Waals surface area contributed by atoms with Crippen molar-refractivity contribution in [2.75, 3.05) is 25.5 Å². The maximum atomic E-state index is 5.88. The van der Waals surface area contributed by atoms with Crippen LogP contribution < -0.4 is 0 Å². The fourth-order valence-electron chi connectivity index (χ4n) is 2.04. The molecule has 0 amide bonds. The quantitative estimate of drug-likeness (QED) is 0.767. The zero-order chi connectivity index (χ0) is 11.2. The van der Waals surface area contributed by atoms with Crippen molar-refractivity contribution < 1.29 is 4.74 Å². The van der Waals surface area contributed by atoms with Gasteiger partial charge >= 0.3 is 0 Å². The highest BCUT2D eigenvalue weighted by molar-refractivity contribution is 6.18. The minimum Gasteiger partial charge on any atom is -0.372 e. The van der Waals surface area contributed by atoms with E-state index >= 15 is 0 Å². The first kappa shape index (κ1) is 14.8. The topological polar surface area (TPSA) is 12.5 Å². The lowest BCUT2D eigenvalue weighted by Gasteiger charge is -2.14. The van der Waals surface area contributed by atoms with Gasteiger partial charge in [-0.1, -0.05) is 30.3 Å². The van der Waals surface area contributed by atoms with E-state index in [0.29, 0.717) is 12.0 Å². The standard InChI is InChI=1S/C13H18ClNO.ClH/c14-7-9-15-8-6-13(10-15)16-11-12-4-2-1-3-5-12;/h1-5,13H,6-11H2;1H. The number of hydrogen-bond acceptors (Lipinski definition) is 2. The fourth-order valence-corrected chi connectivity index (χ4v) is 2.28. The van der Waals surface area contributed by atoms with Crippen LogP contribution in [0.1, 0.15) is 12.0 Å². The van der Waals surface area contributed by atoms with Crippen LogP contribution in [0.5, 0.6) is 0 Å². The monoisotopic (exact) mass is 275 g/mol. The Kier molecular flexibility index (Phi) is 6.90. The zero-order valence-corrected chi connectivity index (χ0v) is 11.4. The number of alkyl halides is 1. The fraction of sp³-hybridized carbons (Fsp3) is 0.538. The first-order valence-electron chi connectivity index (χ1n) is 5.82. The maximum absolute atomic E-state index is 5.88. The van der Waals surface area contributed by atoms with Gasteiger partial charge in [-0.3, -0.25) is 4.90 Å². The van der Waals surface area contributed by atoms with E-state index in [1.54, 1.807) is 0 Å². The number of benzene rings is 1. The number of ether oxygens (including phenoxy) is 1. The zero-order valence-electron chi connectivity index (χ0n) is 9.85. The molecule has 0 aromatic heterocycles. The van der Waals surface area contributed by atoms with Gasteiger partial charge in [0.05, 0.1) is 12.7 Å². The third-order valence-electron chi connectivity index (χ3n) is 2.96. The van der Waals surface area contributed by atoms with Gasteiger partial charge < -0.3 is 4.74 Å². The summed E-state index contributed by atoms with van der Waals surface area (Å²) in [6, 6.07) is 10.3. The van der Waals surface area contributed by atoms with Crippen LogP contribution in [-0.4, -0.2) is 36.5 Å². The van der Waals surface area contributed by atoms with E-state index < -0.39 is 0 Å². The molecular weight excluding hydrogens is 257 g/mol. The Balaban J connectivity index is 0.00000144. The Morgan fingerprint density at radius 3 is 2.76 bits per heavy atom. The van der Waals surface area contributed by atoms with E-state index in [1.165, 1.54) is 5.56 Å². The van der Waals surface area contributed by atoms with Gasteiger partial charge in [-0.15, -0.1) is 24.0 Å². The van der Waals surface area contributed by atoms with Crippen LogP contribution in [0.15, 0.2) is 30.3 Å². The third kappa shape index (κ3) is 4.84. The molecule has 2 nitrogen and oxygen atoms in total. The van der Waals surface area contributed by atoms with Crippen molar-refractivity contribution in [1.29, 1.82) is 0 Å². The first-order valence-corrected chi connectivity index (χ1v) is 6.36. The van der Waals surface area contributed by atoms with Crippen molar-refractivity contribution in [3.63, 3.8) is 0 Å². The highest BCUT2D eigenvalue weighted by atomic mass is 35.5. The Labute approximate surface area is 114 Å². The average molecular weight is 276 g/mol. The molecule has 1 aromatic carbocycles. The molecule has 1 fully saturated rings. The van der Waals surface area contributed by atoms with E-state index in [2.05, 4.69) is 17.0 Å². The second-order valence-corrected chi connectivity index (χ2v) is 4.57. The molecule has 96 valence electrons. The third-order valence-corrected chi connectivity index (χ3v) is 3.13. The lowest BCUT2D eigenvalue weighted by atomic mass is 10.2. The first-order chi connectivity index (χ1) is 7.88. The molecule has 2 rings (SSSR count). The van der Waals surface area contributed by atoms with E-state index in [-0.39, 0.29) is 12.4 Å². The molecule has 1 aromatic rings. The van der Waals surface area contributed by atoms with Crippen molar-refractivity contribution in [1.82, 2.24) is 4.90 Å². The Morgan fingerprint density at radius 2 is 2.06 bits per heavy atom. The molecule has 0 spiro atoms. The second-order valence-electron chi connectivity index (χ2n) is 4.20. The van der Waals surface area contributed by atoms with E-state index in [9.17, 15) is 0 Å². The van der Waals surface area contributed by atoms with Gasteiger partial charge in [0.1, 0.15) is 0 Å². The van der Waals surface area contributed by atoms with Crippen LogP contribution in [0.4, 0.5) is 0 Å². The molecule has 0 bridgehead atoms. The van der Waals surface area contributed by atoms with Crippen molar-refractivity contribution in [3.05, 3.63) is 35.9 Å². The molecule has 0 aliphatic carbocycles. The van der Waals surface area contributed by atoms with Gasteiger partial charge in [0.2, 0.25) is 0 Å².